The number of hydrogen-bond acceptors (Lipinski definition) is 6. The average molecular weight is 410 g/mol. The molecule has 0 aromatic heterocycles. The molecule has 4 rings (SSSR count). The number of carbonyl (C=O) groups excluding carboxylic acids is 1. The quantitative estimate of drug-likeness (QED) is 0.656. The average Bonchev–Trinajstić information content (AvgIpc) is 2.83. The van der Waals surface area contributed by atoms with Gasteiger partial charge < -0.3 is 19.3 Å². The molecule has 30 heavy (non-hydrogen) atoms. The van der Waals surface area contributed by atoms with Gasteiger partial charge in [-0.2, -0.15) is 0 Å². The molecule has 6 heteroatoms. The molecule has 6 nitrogen and oxygen atoms in total. The number of piperazine rings is 1. The van der Waals surface area contributed by atoms with Gasteiger partial charge in [0, 0.05) is 63.5 Å². The van der Waals surface area contributed by atoms with Crippen LogP contribution in [0.15, 0.2) is 48.5 Å². The minimum atomic E-state index is 0.218. The lowest BCUT2D eigenvalue weighted by Gasteiger charge is -2.36. The van der Waals surface area contributed by atoms with E-state index in [4.69, 9.17) is 9.47 Å². The molecule has 0 spiro atoms. The zero-order chi connectivity index (χ0) is 20.8. The summed E-state index contributed by atoms with van der Waals surface area (Å²) in [5.74, 6) is 1.14. The Morgan fingerprint density at radius 3 is 2.30 bits per heavy atom. The third-order valence-corrected chi connectivity index (χ3v) is 6.02. The van der Waals surface area contributed by atoms with E-state index < -0.39 is 0 Å². The summed E-state index contributed by atoms with van der Waals surface area (Å²) in [6, 6.07) is 16.2. The number of ketones is 1. The van der Waals surface area contributed by atoms with Crippen LogP contribution in [0.5, 0.6) is 5.75 Å². The highest BCUT2D eigenvalue weighted by Gasteiger charge is 2.20. The Morgan fingerprint density at radius 1 is 0.900 bits per heavy atom. The minimum Gasteiger partial charge on any atom is -0.495 e. The molecular formula is C24H31N3O3. The summed E-state index contributed by atoms with van der Waals surface area (Å²) in [4.78, 5) is 19.7. The highest BCUT2D eigenvalue weighted by Crippen LogP contribution is 2.28. The summed E-state index contributed by atoms with van der Waals surface area (Å²) >= 11 is 0. The van der Waals surface area contributed by atoms with Crippen molar-refractivity contribution in [3.05, 3.63) is 54.1 Å². The van der Waals surface area contributed by atoms with Crippen molar-refractivity contribution in [2.45, 2.75) is 6.42 Å². The number of anilines is 2. The summed E-state index contributed by atoms with van der Waals surface area (Å²) in [5.41, 5.74) is 3.12. The van der Waals surface area contributed by atoms with Crippen LogP contribution in [0, 0.1) is 0 Å². The Labute approximate surface area is 179 Å². The van der Waals surface area contributed by atoms with E-state index in [9.17, 15) is 4.79 Å². The second kappa shape index (κ2) is 9.96. The lowest BCUT2D eigenvalue weighted by atomic mass is 10.1. The standard InChI is InChI=1S/C24H31N3O3/c1-29-24-5-3-2-4-22(24)27-14-12-25(13-15-27)11-10-23(28)20-6-8-21(9-7-20)26-16-18-30-19-17-26/h2-9H,10-19H2,1H3. The van der Waals surface area contributed by atoms with Crippen LogP contribution in [0.1, 0.15) is 16.8 Å². The van der Waals surface area contributed by atoms with Crippen molar-refractivity contribution in [3.63, 3.8) is 0 Å². The number of benzene rings is 2. The molecule has 2 fully saturated rings. The molecule has 2 aromatic rings. The fourth-order valence-electron chi connectivity index (χ4n) is 4.19. The van der Waals surface area contributed by atoms with Crippen molar-refractivity contribution < 1.29 is 14.3 Å². The molecule has 2 heterocycles. The molecular weight excluding hydrogens is 378 g/mol. The fourth-order valence-corrected chi connectivity index (χ4v) is 4.19. The molecule has 0 aliphatic carbocycles. The number of rotatable bonds is 7. The molecule has 2 aromatic carbocycles. The van der Waals surface area contributed by atoms with E-state index >= 15 is 0 Å². The predicted octanol–water partition coefficient (Wildman–Crippen LogP) is 2.93. The Morgan fingerprint density at radius 2 is 1.60 bits per heavy atom. The van der Waals surface area contributed by atoms with E-state index in [-0.39, 0.29) is 5.78 Å². The summed E-state index contributed by atoms with van der Waals surface area (Å²) in [5, 5.41) is 0. The van der Waals surface area contributed by atoms with E-state index in [2.05, 4.69) is 32.9 Å². The molecule has 0 amide bonds. The summed E-state index contributed by atoms with van der Waals surface area (Å²) in [6.45, 7) is 7.98. The molecule has 0 unspecified atom stereocenters. The van der Waals surface area contributed by atoms with Crippen LogP contribution in [0.25, 0.3) is 0 Å². The zero-order valence-corrected chi connectivity index (χ0v) is 17.8. The number of methoxy groups -OCH3 is 1. The van der Waals surface area contributed by atoms with Gasteiger partial charge in [0.1, 0.15) is 5.75 Å². The molecule has 160 valence electrons. The summed E-state index contributed by atoms with van der Waals surface area (Å²) in [6.07, 6.45) is 0.561. The summed E-state index contributed by atoms with van der Waals surface area (Å²) in [7, 11) is 1.72. The number of Topliss-reactive ketones (excluding diaryl/α,β-unsaturated/α-hetero) is 1. The zero-order valence-electron chi connectivity index (χ0n) is 17.8. The maximum Gasteiger partial charge on any atom is 0.164 e. The van der Waals surface area contributed by atoms with Gasteiger partial charge in [0.2, 0.25) is 0 Å². The van der Waals surface area contributed by atoms with Crippen molar-refractivity contribution >= 4 is 17.2 Å². The highest BCUT2D eigenvalue weighted by molar-refractivity contribution is 5.96. The largest absolute Gasteiger partial charge is 0.495 e. The summed E-state index contributed by atoms with van der Waals surface area (Å²) < 4.78 is 10.9. The van der Waals surface area contributed by atoms with Gasteiger partial charge in [-0.05, 0) is 36.4 Å². The SMILES string of the molecule is COc1ccccc1N1CCN(CCC(=O)c2ccc(N3CCOCC3)cc2)CC1. The number of ether oxygens (including phenoxy) is 2. The lowest BCUT2D eigenvalue weighted by Crippen LogP contribution is -2.47. The van der Waals surface area contributed by atoms with Crippen molar-refractivity contribution in [1.82, 2.24) is 4.90 Å². The monoisotopic (exact) mass is 409 g/mol. The van der Waals surface area contributed by atoms with Crippen LogP contribution in [0.4, 0.5) is 11.4 Å². The van der Waals surface area contributed by atoms with Crippen LogP contribution in [0.3, 0.4) is 0 Å². The van der Waals surface area contributed by atoms with Gasteiger partial charge in [-0.25, -0.2) is 0 Å². The van der Waals surface area contributed by atoms with Gasteiger partial charge in [-0.15, -0.1) is 0 Å². The van der Waals surface area contributed by atoms with E-state index in [1.54, 1.807) is 7.11 Å². The van der Waals surface area contributed by atoms with Crippen LogP contribution in [-0.4, -0.2) is 76.8 Å². The first-order valence-corrected chi connectivity index (χ1v) is 10.8. The third kappa shape index (κ3) is 4.94. The van der Waals surface area contributed by atoms with Crippen LogP contribution in [0.2, 0.25) is 0 Å². The maximum atomic E-state index is 12.7. The first-order valence-electron chi connectivity index (χ1n) is 10.8. The van der Waals surface area contributed by atoms with Gasteiger partial charge in [0.05, 0.1) is 26.0 Å². The van der Waals surface area contributed by atoms with Crippen LogP contribution in [-0.2, 0) is 4.74 Å². The molecule has 0 N–H and O–H groups in total. The maximum absolute atomic E-state index is 12.7. The molecule has 0 radical (unpaired) electrons. The van der Waals surface area contributed by atoms with Crippen molar-refractivity contribution in [2.24, 2.45) is 0 Å². The number of morpholine rings is 1. The normalized spacial score (nSPS) is 17.8. The highest BCUT2D eigenvalue weighted by atomic mass is 16.5. The number of hydrogen-bond donors (Lipinski definition) is 0. The molecule has 2 aliphatic heterocycles. The third-order valence-electron chi connectivity index (χ3n) is 6.02. The smallest absolute Gasteiger partial charge is 0.164 e. The van der Waals surface area contributed by atoms with Gasteiger partial charge >= 0.3 is 0 Å². The van der Waals surface area contributed by atoms with E-state index in [0.29, 0.717) is 6.42 Å². The van der Waals surface area contributed by atoms with Gasteiger partial charge in [0.25, 0.3) is 0 Å². The van der Waals surface area contributed by atoms with Crippen LogP contribution < -0.4 is 14.5 Å². The molecule has 0 atom stereocenters. The fraction of sp³-hybridized carbons (Fsp3) is 0.458. The first-order chi connectivity index (χ1) is 14.7. The van der Waals surface area contributed by atoms with Gasteiger partial charge in [0.15, 0.2) is 5.78 Å². The topological polar surface area (TPSA) is 45.2 Å². The second-order valence-corrected chi connectivity index (χ2v) is 7.82. The number of carbonyl (C=O) groups is 1. The lowest BCUT2D eigenvalue weighted by molar-refractivity contribution is 0.0962. The number of para-hydroxylation sites is 2. The van der Waals surface area contributed by atoms with Gasteiger partial charge in [-0.3, -0.25) is 9.69 Å². The second-order valence-electron chi connectivity index (χ2n) is 7.82. The van der Waals surface area contributed by atoms with Crippen LogP contribution >= 0.6 is 0 Å². The molecule has 0 saturated carbocycles. The first kappa shape index (κ1) is 20.7. The Kier molecular flexibility index (Phi) is 6.87. The molecule has 2 aliphatic rings. The van der Waals surface area contributed by atoms with E-state index in [0.717, 1.165) is 76.0 Å². The Bertz CT molecular complexity index is 826. The predicted molar refractivity (Wildman–Crippen MR) is 120 cm³/mol. The Hall–Kier alpha value is -2.57. The van der Waals surface area contributed by atoms with Gasteiger partial charge in [-0.1, -0.05) is 12.1 Å². The van der Waals surface area contributed by atoms with E-state index in [1.807, 2.05) is 30.3 Å². The molecule has 0 bridgehead atoms. The minimum absolute atomic E-state index is 0.218. The van der Waals surface area contributed by atoms with Crippen molar-refractivity contribution in [2.75, 3.05) is 75.9 Å². The van der Waals surface area contributed by atoms with Crippen molar-refractivity contribution in [3.8, 4) is 5.75 Å². The number of nitrogens with zero attached hydrogens (tertiary/aromatic N) is 3. The van der Waals surface area contributed by atoms with Crippen molar-refractivity contribution in [1.29, 1.82) is 0 Å². The van der Waals surface area contributed by atoms with E-state index in [1.165, 1.54) is 5.69 Å². The molecule has 2 saturated heterocycles. The Balaban J connectivity index is 1.25.